The second-order valence-corrected chi connectivity index (χ2v) is 9.84. The Morgan fingerprint density at radius 3 is 2.35 bits per heavy atom. The van der Waals surface area contributed by atoms with Crippen molar-refractivity contribution in [3.8, 4) is 5.75 Å². The van der Waals surface area contributed by atoms with E-state index in [-0.39, 0.29) is 24.5 Å². The molecule has 2 heterocycles. The molecule has 2 aliphatic heterocycles. The van der Waals surface area contributed by atoms with Crippen LogP contribution in [0.2, 0.25) is 0 Å². The number of benzene rings is 3. The predicted molar refractivity (Wildman–Crippen MR) is 146 cm³/mol. The Balaban J connectivity index is 1.22. The average Bonchev–Trinajstić information content (AvgIpc) is 3.50. The van der Waals surface area contributed by atoms with Gasteiger partial charge in [-0.3, -0.25) is 9.59 Å². The van der Waals surface area contributed by atoms with Crippen molar-refractivity contribution in [2.75, 3.05) is 31.1 Å². The summed E-state index contributed by atoms with van der Waals surface area (Å²) in [7, 11) is 0. The predicted octanol–water partition coefficient (Wildman–Crippen LogP) is 5.13. The van der Waals surface area contributed by atoms with Crippen molar-refractivity contribution in [1.82, 2.24) is 10.2 Å². The van der Waals surface area contributed by atoms with Gasteiger partial charge in [0.1, 0.15) is 5.75 Å². The zero-order chi connectivity index (χ0) is 25.6. The Morgan fingerprint density at radius 2 is 1.59 bits per heavy atom. The first kappa shape index (κ1) is 24.9. The van der Waals surface area contributed by atoms with Gasteiger partial charge in [-0.2, -0.15) is 0 Å². The van der Waals surface area contributed by atoms with Crippen molar-refractivity contribution in [1.29, 1.82) is 0 Å². The van der Waals surface area contributed by atoms with Crippen LogP contribution in [0.15, 0.2) is 72.8 Å². The van der Waals surface area contributed by atoms with Crippen LogP contribution in [0, 0.1) is 0 Å². The van der Waals surface area contributed by atoms with Gasteiger partial charge in [-0.25, -0.2) is 0 Å². The Kier molecular flexibility index (Phi) is 7.73. The zero-order valence-corrected chi connectivity index (χ0v) is 21.5. The third-order valence-electron chi connectivity index (χ3n) is 7.44. The molecule has 0 aliphatic carbocycles. The highest BCUT2D eigenvalue weighted by atomic mass is 16.5. The van der Waals surface area contributed by atoms with Crippen LogP contribution >= 0.6 is 0 Å². The molecule has 3 aromatic carbocycles. The van der Waals surface area contributed by atoms with Gasteiger partial charge < -0.3 is 19.9 Å². The minimum atomic E-state index is -0.219. The van der Waals surface area contributed by atoms with E-state index >= 15 is 0 Å². The first-order chi connectivity index (χ1) is 18.1. The van der Waals surface area contributed by atoms with Gasteiger partial charge in [0.05, 0.1) is 6.04 Å². The summed E-state index contributed by atoms with van der Waals surface area (Å²) in [4.78, 5) is 29.8. The number of ether oxygens (including phenoxy) is 1. The maximum Gasteiger partial charge on any atom is 0.260 e. The maximum atomic E-state index is 13.2. The Morgan fingerprint density at radius 1 is 0.892 bits per heavy atom. The van der Waals surface area contributed by atoms with E-state index in [0.717, 1.165) is 56.7 Å². The summed E-state index contributed by atoms with van der Waals surface area (Å²) in [6.45, 7) is 5.52. The Hall–Kier alpha value is -3.80. The number of carbonyl (C=O) groups excluding carboxylic acids is 2. The van der Waals surface area contributed by atoms with Crippen LogP contribution in [0.25, 0.3) is 0 Å². The van der Waals surface area contributed by atoms with E-state index in [1.54, 1.807) is 0 Å². The van der Waals surface area contributed by atoms with Gasteiger partial charge in [0.2, 0.25) is 0 Å². The molecule has 6 heteroatoms. The lowest BCUT2D eigenvalue weighted by atomic mass is 9.99. The molecule has 1 atom stereocenters. The van der Waals surface area contributed by atoms with Gasteiger partial charge in [-0.15, -0.1) is 0 Å². The normalized spacial score (nSPS) is 15.7. The van der Waals surface area contributed by atoms with E-state index < -0.39 is 0 Å². The first-order valence-electron chi connectivity index (χ1n) is 13.3. The number of amides is 2. The number of hydrogen-bond acceptors (Lipinski definition) is 4. The van der Waals surface area contributed by atoms with Crippen molar-refractivity contribution >= 4 is 17.5 Å². The summed E-state index contributed by atoms with van der Waals surface area (Å²) in [6, 6.07) is 23.9. The summed E-state index contributed by atoms with van der Waals surface area (Å²) < 4.78 is 5.94. The smallest absolute Gasteiger partial charge is 0.260 e. The molecule has 2 aliphatic rings. The van der Waals surface area contributed by atoms with Crippen molar-refractivity contribution in [3.05, 3.63) is 95.1 Å². The van der Waals surface area contributed by atoms with Crippen LogP contribution in [0.3, 0.4) is 0 Å². The number of anilines is 1. The topological polar surface area (TPSA) is 61.9 Å². The number of carbonyl (C=O) groups is 2. The fraction of sp³-hybridized carbons (Fsp3) is 0.355. The highest BCUT2D eigenvalue weighted by Crippen LogP contribution is 2.29. The van der Waals surface area contributed by atoms with Crippen LogP contribution in [-0.4, -0.2) is 43.0 Å². The van der Waals surface area contributed by atoms with E-state index in [9.17, 15) is 9.59 Å². The summed E-state index contributed by atoms with van der Waals surface area (Å²) >= 11 is 0. The van der Waals surface area contributed by atoms with Gasteiger partial charge in [0.15, 0.2) is 6.61 Å². The fourth-order valence-electron chi connectivity index (χ4n) is 5.28. The zero-order valence-electron chi connectivity index (χ0n) is 21.5. The fourth-order valence-corrected chi connectivity index (χ4v) is 5.28. The van der Waals surface area contributed by atoms with Crippen molar-refractivity contribution < 1.29 is 14.3 Å². The van der Waals surface area contributed by atoms with Gasteiger partial charge in [0.25, 0.3) is 11.8 Å². The number of hydrogen-bond donors (Lipinski definition) is 1. The highest BCUT2D eigenvalue weighted by molar-refractivity contribution is 5.94. The average molecular weight is 498 g/mol. The SMILES string of the molecule is CCC(NC(=O)c1ccc(N2CCc3ccccc3C2)cc1)c1ccccc1OCC(=O)N1CCCC1. The molecule has 1 saturated heterocycles. The summed E-state index contributed by atoms with van der Waals surface area (Å²) in [5, 5.41) is 3.17. The molecule has 192 valence electrons. The summed E-state index contributed by atoms with van der Waals surface area (Å²) in [5.41, 5.74) is 5.42. The minimum absolute atomic E-state index is 0.0154. The van der Waals surface area contributed by atoms with E-state index in [1.165, 1.54) is 11.1 Å². The monoisotopic (exact) mass is 497 g/mol. The molecule has 3 aromatic rings. The molecule has 0 saturated carbocycles. The summed E-state index contributed by atoms with van der Waals surface area (Å²) in [6.07, 6.45) is 3.84. The molecule has 37 heavy (non-hydrogen) atoms. The van der Waals surface area contributed by atoms with Gasteiger partial charge in [0, 0.05) is 43.0 Å². The Labute approximate surface area is 219 Å². The Bertz CT molecular complexity index is 1230. The number of para-hydroxylation sites is 1. The van der Waals surface area contributed by atoms with Gasteiger partial charge in [-0.05, 0) is 67.1 Å². The molecule has 2 amide bonds. The lowest BCUT2D eigenvalue weighted by Gasteiger charge is -2.30. The molecule has 0 spiro atoms. The van der Waals surface area contributed by atoms with Gasteiger partial charge >= 0.3 is 0 Å². The van der Waals surface area contributed by atoms with E-state index in [4.69, 9.17) is 4.74 Å². The van der Waals surface area contributed by atoms with Gasteiger partial charge in [-0.1, -0.05) is 49.4 Å². The molecule has 1 fully saturated rings. The molecule has 1 N–H and O–H groups in total. The lowest BCUT2D eigenvalue weighted by Crippen LogP contribution is -2.33. The van der Waals surface area contributed by atoms with Crippen LogP contribution < -0.4 is 15.0 Å². The summed E-state index contributed by atoms with van der Waals surface area (Å²) in [5.74, 6) is 0.537. The number of rotatable bonds is 8. The van der Waals surface area contributed by atoms with Crippen molar-refractivity contribution in [2.24, 2.45) is 0 Å². The van der Waals surface area contributed by atoms with E-state index in [2.05, 4.69) is 34.5 Å². The second kappa shape index (κ2) is 11.5. The number of fused-ring (bicyclic) bond motifs is 1. The first-order valence-corrected chi connectivity index (χ1v) is 13.3. The van der Waals surface area contributed by atoms with Crippen molar-refractivity contribution in [3.63, 3.8) is 0 Å². The molecular formula is C31H35N3O3. The molecule has 1 unspecified atom stereocenters. The van der Waals surface area contributed by atoms with Crippen molar-refractivity contribution in [2.45, 2.75) is 45.2 Å². The number of nitrogens with zero attached hydrogens (tertiary/aromatic N) is 2. The molecular weight excluding hydrogens is 462 g/mol. The van der Waals surface area contributed by atoms with Crippen LogP contribution in [0.4, 0.5) is 5.69 Å². The molecule has 0 radical (unpaired) electrons. The second-order valence-electron chi connectivity index (χ2n) is 9.84. The minimum Gasteiger partial charge on any atom is -0.483 e. The third kappa shape index (κ3) is 5.79. The third-order valence-corrected chi connectivity index (χ3v) is 7.44. The lowest BCUT2D eigenvalue weighted by molar-refractivity contribution is -0.132. The molecule has 0 bridgehead atoms. The number of nitrogens with one attached hydrogen (secondary N) is 1. The maximum absolute atomic E-state index is 13.2. The quantitative estimate of drug-likeness (QED) is 0.469. The highest BCUT2D eigenvalue weighted by Gasteiger charge is 2.22. The number of likely N-dealkylation sites (tertiary alicyclic amines) is 1. The van der Waals surface area contributed by atoms with Crippen LogP contribution in [-0.2, 0) is 17.8 Å². The van der Waals surface area contributed by atoms with E-state index in [0.29, 0.717) is 17.7 Å². The van der Waals surface area contributed by atoms with Crippen LogP contribution in [0.1, 0.15) is 59.3 Å². The van der Waals surface area contributed by atoms with Crippen LogP contribution in [0.5, 0.6) is 5.75 Å². The van der Waals surface area contributed by atoms with E-state index in [1.807, 2.05) is 60.4 Å². The molecule has 5 rings (SSSR count). The molecule has 6 nitrogen and oxygen atoms in total. The standard InChI is InChI=1S/C31H35N3O3/c1-2-28(27-11-5-6-12-29(27)37-22-30(35)33-18-7-8-19-33)32-31(36)24-13-15-26(16-14-24)34-20-17-23-9-3-4-10-25(23)21-34/h3-6,9-16,28H,2,7-8,17-22H2,1H3,(H,32,36). The largest absolute Gasteiger partial charge is 0.483 e. The molecule has 0 aromatic heterocycles.